The minimum atomic E-state index is -1.27. The maximum absolute atomic E-state index is 11.8. The van der Waals surface area contributed by atoms with Gasteiger partial charge in [0, 0.05) is 35.8 Å². The zero-order valence-electron chi connectivity index (χ0n) is 11.6. The largest absolute Gasteiger partial charge is 0.481 e. The predicted molar refractivity (Wildman–Crippen MR) is 78.0 cm³/mol. The Kier molecular flexibility index (Phi) is 5.88. The Bertz CT molecular complexity index is 503. The summed E-state index contributed by atoms with van der Waals surface area (Å²) < 4.78 is 10.9. The van der Waals surface area contributed by atoms with E-state index >= 15 is 0 Å². The van der Waals surface area contributed by atoms with Crippen molar-refractivity contribution in [1.29, 1.82) is 0 Å². The first-order valence-electron chi connectivity index (χ1n) is 6.22. The number of aliphatic carboxylic acids is 1. The topological polar surface area (TPSA) is 83.5 Å². The molecule has 0 aliphatic carbocycles. The molecule has 1 aromatic carbocycles. The molecular weight excluding hydrogens is 278 g/mol. The van der Waals surface area contributed by atoms with Gasteiger partial charge in [-0.2, -0.15) is 0 Å². The van der Waals surface area contributed by atoms with Crippen LogP contribution in [-0.4, -0.2) is 39.7 Å². The lowest BCUT2D eigenvalue weighted by Crippen LogP contribution is -2.39. The molecule has 0 aromatic heterocycles. The SMILES string of the molecule is CS(=O)CCNC(=O)CC(C)(C(=O)O)c1ccccc1. The summed E-state index contributed by atoms with van der Waals surface area (Å²) >= 11 is 0. The van der Waals surface area contributed by atoms with Crippen LogP contribution in [0.3, 0.4) is 0 Å². The Morgan fingerprint density at radius 2 is 1.90 bits per heavy atom. The highest BCUT2D eigenvalue weighted by Crippen LogP contribution is 2.27. The summed E-state index contributed by atoms with van der Waals surface area (Å²) in [6.07, 6.45) is 1.40. The smallest absolute Gasteiger partial charge is 0.314 e. The number of hydrogen-bond donors (Lipinski definition) is 2. The van der Waals surface area contributed by atoms with Gasteiger partial charge in [0.05, 0.1) is 5.41 Å². The third-order valence-electron chi connectivity index (χ3n) is 3.11. The lowest BCUT2D eigenvalue weighted by Gasteiger charge is -2.24. The molecular formula is C14H19NO4S. The summed E-state index contributed by atoms with van der Waals surface area (Å²) in [4.78, 5) is 23.4. The van der Waals surface area contributed by atoms with Crippen molar-refractivity contribution in [2.45, 2.75) is 18.8 Å². The summed E-state index contributed by atoms with van der Waals surface area (Å²) in [6.45, 7) is 1.81. The molecule has 0 radical (unpaired) electrons. The Hall–Kier alpha value is -1.69. The van der Waals surface area contributed by atoms with Gasteiger partial charge in [-0.1, -0.05) is 30.3 Å². The van der Waals surface area contributed by atoms with E-state index in [1.165, 1.54) is 6.92 Å². The fraction of sp³-hybridized carbons (Fsp3) is 0.429. The van der Waals surface area contributed by atoms with E-state index in [4.69, 9.17) is 0 Å². The maximum Gasteiger partial charge on any atom is 0.314 e. The van der Waals surface area contributed by atoms with Crippen molar-refractivity contribution in [2.24, 2.45) is 0 Å². The number of carboxylic acid groups (broad SMARTS) is 1. The molecule has 0 fully saturated rings. The quantitative estimate of drug-likeness (QED) is 0.783. The maximum atomic E-state index is 11.8. The monoisotopic (exact) mass is 297 g/mol. The van der Waals surface area contributed by atoms with Gasteiger partial charge in [0.2, 0.25) is 5.91 Å². The van der Waals surface area contributed by atoms with Crippen LogP contribution in [0.1, 0.15) is 18.9 Å². The van der Waals surface area contributed by atoms with Gasteiger partial charge in [0.15, 0.2) is 0 Å². The van der Waals surface area contributed by atoms with E-state index in [9.17, 15) is 18.9 Å². The number of benzene rings is 1. The Balaban J connectivity index is 2.75. The normalized spacial score (nSPS) is 15.1. The second-order valence-electron chi connectivity index (χ2n) is 4.81. The van der Waals surface area contributed by atoms with Crippen molar-refractivity contribution >= 4 is 22.7 Å². The molecule has 0 saturated heterocycles. The van der Waals surface area contributed by atoms with Crippen LogP contribution >= 0.6 is 0 Å². The minimum Gasteiger partial charge on any atom is -0.481 e. The highest BCUT2D eigenvalue weighted by molar-refractivity contribution is 7.84. The molecule has 110 valence electrons. The molecule has 0 bridgehead atoms. The number of amides is 1. The van der Waals surface area contributed by atoms with Crippen molar-refractivity contribution in [1.82, 2.24) is 5.32 Å². The van der Waals surface area contributed by atoms with Crippen molar-refractivity contribution in [2.75, 3.05) is 18.6 Å². The first-order valence-corrected chi connectivity index (χ1v) is 7.94. The van der Waals surface area contributed by atoms with Crippen LogP contribution in [-0.2, 0) is 25.8 Å². The molecule has 2 N–H and O–H groups in total. The molecule has 2 atom stereocenters. The highest BCUT2D eigenvalue weighted by atomic mass is 32.2. The van der Waals surface area contributed by atoms with Crippen LogP contribution in [0.2, 0.25) is 0 Å². The molecule has 0 heterocycles. The second-order valence-corrected chi connectivity index (χ2v) is 6.36. The summed E-state index contributed by atoms with van der Waals surface area (Å²) in [5, 5.41) is 12.0. The zero-order chi connectivity index (χ0) is 15.2. The third kappa shape index (κ3) is 4.45. The van der Waals surface area contributed by atoms with E-state index < -0.39 is 22.2 Å². The van der Waals surface area contributed by atoms with Gasteiger partial charge in [0.1, 0.15) is 0 Å². The minimum absolute atomic E-state index is 0.150. The molecule has 1 rings (SSSR count). The number of rotatable bonds is 7. The molecule has 1 amide bonds. The van der Waals surface area contributed by atoms with Gasteiger partial charge >= 0.3 is 5.97 Å². The van der Waals surface area contributed by atoms with E-state index in [0.717, 1.165) is 0 Å². The van der Waals surface area contributed by atoms with Gasteiger partial charge in [-0.05, 0) is 12.5 Å². The van der Waals surface area contributed by atoms with E-state index in [0.29, 0.717) is 11.3 Å². The average molecular weight is 297 g/mol. The molecule has 20 heavy (non-hydrogen) atoms. The van der Waals surface area contributed by atoms with Gasteiger partial charge in [-0.15, -0.1) is 0 Å². The second kappa shape index (κ2) is 7.19. The lowest BCUT2D eigenvalue weighted by molar-refractivity contribution is -0.145. The van der Waals surface area contributed by atoms with E-state index in [1.807, 2.05) is 0 Å². The van der Waals surface area contributed by atoms with Crippen molar-refractivity contribution in [3.63, 3.8) is 0 Å². The Labute approximate surface area is 120 Å². The molecule has 2 unspecified atom stereocenters. The van der Waals surface area contributed by atoms with Crippen molar-refractivity contribution in [3.8, 4) is 0 Å². The molecule has 6 heteroatoms. The Morgan fingerprint density at radius 1 is 1.30 bits per heavy atom. The van der Waals surface area contributed by atoms with Gasteiger partial charge in [-0.3, -0.25) is 13.8 Å². The van der Waals surface area contributed by atoms with Crippen LogP contribution in [0.4, 0.5) is 0 Å². The molecule has 0 aliphatic heterocycles. The Morgan fingerprint density at radius 3 is 2.40 bits per heavy atom. The molecule has 0 spiro atoms. The van der Waals surface area contributed by atoms with E-state index in [2.05, 4.69) is 5.32 Å². The zero-order valence-corrected chi connectivity index (χ0v) is 12.4. The van der Waals surface area contributed by atoms with E-state index in [-0.39, 0.29) is 18.9 Å². The summed E-state index contributed by atoms with van der Waals surface area (Å²) in [5.41, 5.74) is -0.682. The van der Waals surface area contributed by atoms with Crippen LogP contribution in [0.25, 0.3) is 0 Å². The highest BCUT2D eigenvalue weighted by Gasteiger charge is 2.37. The van der Waals surface area contributed by atoms with Gasteiger partial charge < -0.3 is 10.4 Å². The van der Waals surface area contributed by atoms with Gasteiger partial charge in [-0.25, -0.2) is 0 Å². The summed E-state index contributed by atoms with van der Waals surface area (Å²) in [5.74, 6) is -1.04. The fourth-order valence-electron chi connectivity index (χ4n) is 1.82. The molecule has 0 saturated carbocycles. The fourth-order valence-corrected chi connectivity index (χ4v) is 2.21. The average Bonchev–Trinajstić information content (AvgIpc) is 2.38. The summed E-state index contributed by atoms with van der Waals surface area (Å²) in [6, 6.07) is 8.68. The van der Waals surface area contributed by atoms with Crippen LogP contribution in [0, 0.1) is 0 Å². The van der Waals surface area contributed by atoms with Crippen molar-refractivity contribution < 1.29 is 18.9 Å². The summed E-state index contributed by atoms with van der Waals surface area (Å²) in [7, 11) is -0.981. The van der Waals surface area contributed by atoms with Crippen LogP contribution in [0.15, 0.2) is 30.3 Å². The standard InChI is InChI=1S/C14H19NO4S/c1-14(13(17)18,11-6-4-3-5-7-11)10-12(16)15-8-9-20(2)19/h3-7H,8-10H2,1-2H3,(H,15,16)(H,17,18). The number of hydrogen-bond acceptors (Lipinski definition) is 3. The number of carbonyl (C=O) groups excluding carboxylic acids is 1. The van der Waals surface area contributed by atoms with Crippen molar-refractivity contribution in [3.05, 3.63) is 35.9 Å². The lowest BCUT2D eigenvalue weighted by atomic mass is 9.79. The van der Waals surface area contributed by atoms with E-state index in [1.54, 1.807) is 36.6 Å². The first-order chi connectivity index (χ1) is 9.36. The third-order valence-corrected chi connectivity index (χ3v) is 3.89. The van der Waals surface area contributed by atoms with Crippen LogP contribution in [0.5, 0.6) is 0 Å². The number of carbonyl (C=O) groups is 2. The first kappa shape index (κ1) is 16.4. The number of carboxylic acids is 1. The predicted octanol–water partition coefficient (Wildman–Crippen LogP) is 0.914. The number of nitrogens with one attached hydrogen (secondary N) is 1. The van der Waals surface area contributed by atoms with Crippen LogP contribution < -0.4 is 5.32 Å². The molecule has 0 aliphatic rings. The van der Waals surface area contributed by atoms with Gasteiger partial charge in [0.25, 0.3) is 0 Å². The molecule has 1 aromatic rings. The molecule has 5 nitrogen and oxygen atoms in total.